The molecule has 1 unspecified atom stereocenters. The van der Waals surface area contributed by atoms with Gasteiger partial charge in [-0.2, -0.15) is 0 Å². The van der Waals surface area contributed by atoms with E-state index in [4.69, 9.17) is 0 Å². The standard InChI is InChI=1S/C22H40N4O2/c1-24(2)13-7-12-23-21(27)20(18-8-3-4-9-18)25-14-16-26(17-15-25)22(28)19-10-5-6-11-19/h18-20H,3-17H2,1-2H3,(H,23,27). The Labute approximate surface area is 171 Å². The number of nitrogens with one attached hydrogen (secondary N) is 1. The van der Waals surface area contributed by atoms with E-state index < -0.39 is 0 Å². The maximum absolute atomic E-state index is 13.1. The third kappa shape index (κ3) is 5.69. The second-order valence-electron chi connectivity index (χ2n) is 9.28. The number of nitrogens with zero attached hydrogens (tertiary/aromatic N) is 3. The van der Waals surface area contributed by atoms with Crippen LogP contribution in [-0.2, 0) is 9.59 Å². The lowest BCUT2D eigenvalue weighted by atomic mass is 9.94. The van der Waals surface area contributed by atoms with Gasteiger partial charge in [-0.1, -0.05) is 25.7 Å². The molecule has 0 aromatic heterocycles. The van der Waals surface area contributed by atoms with E-state index in [2.05, 4.69) is 34.1 Å². The van der Waals surface area contributed by atoms with E-state index >= 15 is 0 Å². The van der Waals surface area contributed by atoms with E-state index in [0.29, 0.717) is 11.8 Å². The van der Waals surface area contributed by atoms with Crippen LogP contribution in [0, 0.1) is 11.8 Å². The first-order valence-corrected chi connectivity index (χ1v) is 11.5. The van der Waals surface area contributed by atoms with Crippen molar-refractivity contribution in [3.63, 3.8) is 0 Å². The molecule has 2 aliphatic carbocycles. The summed E-state index contributed by atoms with van der Waals surface area (Å²) in [5.41, 5.74) is 0. The maximum Gasteiger partial charge on any atom is 0.237 e. The van der Waals surface area contributed by atoms with E-state index in [1.165, 1.54) is 25.7 Å². The molecule has 1 aliphatic heterocycles. The molecule has 3 rings (SSSR count). The predicted molar refractivity (Wildman–Crippen MR) is 112 cm³/mol. The molecule has 0 bridgehead atoms. The number of piperazine rings is 1. The first-order chi connectivity index (χ1) is 13.6. The zero-order chi connectivity index (χ0) is 19.9. The molecule has 1 saturated heterocycles. The van der Waals surface area contributed by atoms with Crippen molar-refractivity contribution in [1.29, 1.82) is 0 Å². The molecule has 1 N–H and O–H groups in total. The lowest BCUT2D eigenvalue weighted by Crippen LogP contribution is -2.58. The minimum absolute atomic E-state index is 0.00871. The Morgan fingerprint density at radius 1 is 0.964 bits per heavy atom. The summed E-state index contributed by atoms with van der Waals surface area (Å²) < 4.78 is 0. The fourth-order valence-corrected chi connectivity index (χ4v) is 5.31. The Balaban J connectivity index is 1.52. The molecule has 6 heteroatoms. The number of rotatable bonds is 8. The van der Waals surface area contributed by atoms with Gasteiger partial charge in [0.1, 0.15) is 0 Å². The molecule has 3 fully saturated rings. The van der Waals surface area contributed by atoms with Gasteiger partial charge in [-0.15, -0.1) is 0 Å². The van der Waals surface area contributed by atoms with Crippen molar-refractivity contribution < 1.29 is 9.59 Å². The molecule has 2 amide bonds. The van der Waals surface area contributed by atoms with Crippen molar-refractivity contribution in [3.05, 3.63) is 0 Å². The van der Waals surface area contributed by atoms with Crippen molar-refractivity contribution >= 4 is 11.8 Å². The van der Waals surface area contributed by atoms with Crippen molar-refractivity contribution in [2.24, 2.45) is 11.8 Å². The Hall–Kier alpha value is -1.14. The van der Waals surface area contributed by atoms with Gasteiger partial charge in [0.15, 0.2) is 0 Å². The third-order valence-electron chi connectivity index (χ3n) is 6.92. The van der Waals surface area contributed by atoms with Crippen LogP contribution in [-0.4, -0.2) is 85.9 Å². The van der Waals surface area contributed by atoms with Crippen LogP contribution in [0.2, 0.25) is 0 Å². The first kappa shape index (κ1) is 21.6. The van der Waals surface area contributed by atoms with Crippen molar-refractivity contribution in [1.82, 2.24) is 20.0 Å². The molecule has 160 valence electrons. The van der Waals surface area contributed by atoms with E-state index in [-0.39, 0.29) is 17.9 Å². The molecule has 1 atom stereocenters. The fourth-order valence-electron chi connectivity index (χ4n) is 5.31. The minimum atomic E-state index is -0.00871. The Bertz CT molecular complexity index is 505. The molecule has 0 aromatic carbocycles. The average Bonchev–Trinajstić information content (AvgIpc) is 3.39. The second-order valence-corrected chi connectivity index (χ2v) is 9.28. The molecule has 6 nitrogen and oxygen atoms in total. The molecule has 1 heterocycles. The number of hydrogen-bond acceptors (Lipinski definition) is 4. The van der Waals surface area contributed by atoms with Crippen LogP contribution in [0.1, 0.15) is 57.8 Å². The topological polar surface area (TPSA) is 55.9 Å². The van der Waals surface area contributed by atoms with Gasteiger partial charge in [0.2, 0.25) is 11.8 Å². The highest BCUT2D eigenvalue weighted by atomic mass is 16.2. The second kappa shape index (κ2) is 10.6. The zero-order valence-corrected chi connectivity index (χ0v) is 18.0. The van der Waals surface area contributed by atoms with Gasteiger partial charge < -0.3 is 15.1 Å². The smallest absolute Gasteiger partial charge is 0.237 e. The number of amides is 2. The molecular weight excluding hydrogens is 352 g/mol. The first-order valence-electron chi connectivity index (χ1n) is 11.5. The van der Waals surface area contributed by atoms with Crippen LogP contribution in [0.15, 0.2) is 0 Å². The van der Waals surface area contributed by atoms with Crippen LogP contribution in [0.3, 0.4) is 0 Å². The van der Waals surface area contributed by atoms with Gasteiger partial charge in [-0.25, -0.2) is 0 Å². The van der Waals surface area contributed by atoms with Crippen LogP contribution in [0.4, 0.5) is 0 Å². The quantitative estimate of drug-likeness (QED) is 0.642. The van der Waals surface area contributed by atoms with Crippen molar-refractivity contribution in [2.45, 2.75) is 63.8 Å². The van der Waals surface area contributed by atoms with Crippen LogP contribution < -0.4 is 5.32 Å². The molecule has 0 spiro atoms. The lowest BCUT2D eigenvalue weighted by Gasteiger charge is -2.41. The molecule has 3 aliphatic rings. The Morgan fingerprint density at radius 2 is 1.57 bits per heavy atom. The van der Waals surface area contributed by atoms with E-state index in [1.807, 2.05) is 0 Å². The monoisotopic (exact) mass is 392 g/mol. The van der Waals surface area contributed by atoms with E-state index in [0.717, 1.165) is 71.4 Å². The van der Waals surface area contributed by atoms with Crippen molar-refractivity contribution in [3.8, 4) is 0 Å². The van der Waals surface area contributed by atoms with Crippen LogP contribution in [0.25, 0.3) is 0 Å². The van der Waals surface area contributed by atoms with Crippen LogP contribution in [0.5, 0.6) is 0 Å². The van der Waals surface area contributed by atoms with Crippen molar-refractivity contribution in [2.75, 3.05) is 53.4 Å². The largest absolute Gasteiger partial charge is 0.355 e. The SMILES string of the molecule is CN(C)CCCNC(=O)C(C1CCCC1)N1CCN(C(=O)C2CCCC2)CC1. The average molecular weight is 393 g/mol. The fraction of sp³-hybridized carbons (Fsp3) is 0.909. The summed E-state index contributed by atoms with van der Waals surface area (Å²) in [4.78, 5) is 32.4. The summed E-state index contributed by atoms with van der Waals surface area (Å²) in [6.07, 6.45) is 10.3. The van der Waals surface area contributed by atoms with Gasteiger partial charge in [-0.3, -0.25) is 14.5 Å². The highest BCUT2D eigenvalue weighted by Crippen LogP contribution is 2.32. The highest BCUT2D eigenvalue weighted by Gasteiger charge is 2.38. The van der Waals surface area contributed by atoms with Crippen LogP contribution >= 0.6 is 0 Å². The highest BCUT2D eigenvalue weighted by molar-refractivity contribution is 5.82. The summed E-state index contributed by atoms with van der Waals surface area (Å²) in [6.45, 7) is 4.99. The molecule has 28 heavy (non-hydrogen) atoms. The lowest BCUT2D eigenvalue weighted by molar-refractivity contribution is -0.138. The molecule has 2 saturated carbocycles. The molecule has 0 aromatic rings. The minimum Gasteiger partial charge on any atom is -0.355 e. The summed E-state index contributed by atoms with van der Waals surface area (Å²) >= 11 is 0. The predicted octanol–water partition coefficient (Wildman–Crippen LogP) is 1.95. The van der Waals surface area contributed by atoms with Gasteiger partial charge in [0.05, 0.1) is 6.04 Å². The maximum atomic E-state index is 13.1. The summed E-state index contributed by atoms with van der Waals surface area (Å²) in [6, 6.07) is -0.00871. The summed E-state index contributed by atoms with van der Waals surface area (Å²) in [5.74, 6) is 1.31. The zero-order valence-electron chi connectivity index (χ0n) is 18.0. The number of hydrogen-bond donors (Lipinski definition) is 1. The van der Waals surface area contributed by atoms with Gasteiger partial charge in [-0.05, 0) is 58.7 Å². The van der Waals surface area contributed by atoms with E-state index in [9.17, 15) is 9.59 Å². The molecule has 0 radical (unpaired) electrons. The number of carbonyl (C=O) groups is 2. The Morgan fingerprint density at radius 3 is 2.18 bits per heavy atom. The normalized spacial score (nSPS) is 23.5. The Kier molecular flexibility index (Phi) is 8.15. The summed E-state index contributed by atoms with van der Waals surface area (Å²) in [7, 11) is 4.13. The van der Waals surface area contributed by atoms with Gasteiger partial charge >= 0.3 is 0 Å². The number of carbonyl (C=O) groups excluding carboxylic acids is 2. The third-order valence-corrected chi connectivity index (χ3v) is 6.92. The van der Waals surface area contributed by atoms with Gasteiger partial charge in [0, 0.05) is 38.6 Å². The van der Waals surface area contributed by atoms with Gasteiger partial charge in [0.25, 0.3) is 0 Å². The summed E-state index contributed by atoms with van der Waals surface area (Å²) in [5, 5.41) is 3.20. The molecular formula is C22H40N4O2. The van der Waals surface area contributed by atoms with E-state index in [1.54, 1.807) is 0 Å².